The van der Waals surface area contributed by atoms with Crippen LogP contribution in [-0.4, -0.2) is 30.7 Å². The number of fused-ring (bicyclic) bond motifs is 1. The Hall–Kier alpha value is -2.76. The van der Waals surface area contributed by atoms with Crippen molar-refractivity contribution in [1.29, 1.82) is 0 Å². The third kappa shape index (κ3) is 1.51. The normalized spacial score (nSPS) is 10.7. The molecule has 0 radical (unpaired) electrons. The van der Waals surface area contributed by atoms with Crippen molar-refractivity contribution < 1.29 is 9.90 Å². The first-order chi connectivity index (χ1) is 8.77. The van der Waals surface area contributed by atoms with E-state index in [-0.39, 0.29) is 5.56 Å². The van der Waals surface area contributed by atoms with Gasteiger partial charge in [0.15, 0.2) is 5.82 Å². The predicted octanol–water partition coefficient (Wildman–Crippen LogP) is 1.49. The first-order valence-corrected chi connectivity index (χ1v) is 5.26. The van der Waals surface area contributed by atoms with Gasteiger partial charge in [-0.1, -0.05) is 18.2 Å². The summed E-state index contributed by atoms with van der Waals surface area (Å²) in [6.45, 7) is 0. The van der Waals surface area contributed by atoms with Gasteiger partial charge in [-0.05, 0) is 12.1 Å². The highest BCUT2D eigenvalue weighted by Gasteiger charge is 2.15. The molecule has 0 aliphatic heterocycles. The lowest BCUT2D eigenvalue weighted by atomic mass is 10.1. The Labute approximate surface area is 102 Å². The largest absolute Gasteiger partial charge is 0.478 e. The lowest BCUT2D eigenvalue weighted by Crippen LogP contribution is -2.01. The quantitative estimate of drug-likeness (QED) is 0.734. The van der Waals surface area contributed by atoms with Crippen LogP contribution in [0.1, 0.15) is 10.4 Å². The van der Waals surface area contributed by atoms with Gasteiger partial charge < -0.3 is 5.11 Å². The number of carboxylic acid groups (broad SMARTS) is 1. The second-order valence-corrected chi connectivity index (χ2v) is 3.66. The van der Waals surface area contributed by atoms with E-state index in [1.807, 2.05) is 0 Å². The van der Waals surface area contributed by atoms with Crippen LogP contribution in [0.5, 0.6) is 0 Å². The molecule has 88 valence electrons. The summed E-state index contributed by atoms with van der Waals surface area (Å²) in [5.41, 5.74) is 0.709. The van der Waals surface area contributed by atoms with Crippen LogP contribution in [0.4, 0.5) is 0 Å². The molecule has 6 nitrogen and oxygen atoms in total. The predicted molar refractivity (Wildman–Crippen MR) is 63.2 cm³/mol. The highest BCUT2D eigenvalue weighted by atomic mass is 16.4. The fourth-order valence-corrected chi connectivity index (χ4v) is 1.79. The van der Waals surface area contributed by atoms with Crippen molar-refractivity contribution >= 4 is 11.7 Å². The monoisotopic (exact) mass is 240 g/mol. The molecule has 0 aliphatic rings. The fraction of sp³-hybridized carbons (Fsp3) is 0. The smallest absolute Gasteiger partial charge is 0.336 e. The molecular weight excluding hydrogens is 232 g/mol. The van der Waals surface area contributed by atoms with Crippen LogP contribution in [0.3, 0.4) is 0 Å². The molecule has 0 spiro atoms. The highest BCUT2D eigenvalue weighted by molar-refractivity contribution is 5.95. The number of nitrogens with zero attached hydrogens (tertiary/aromatic N) is 4. The van der Waals surface area contributed by atoms with E-state index in [4.69, 9.17) is 5.11 Å². The minimum atomic E-state index is -0.994. The summed E-state index contributed by atoms with van der Waals surface area (Å²) in [5.74, 6) is -0.0879. The molecule has 0 amide bonds. The topological polar surface area (TPSA) is 80.4 Å². The number of aromatic carboxylic acids is 1. The van der Waals surface area contributed by atoms with Gasteiger partial charge in [0.1, 0.15) is 0 Å². The van der Waals surface area contributed by atoms with Gasteiger partial charge >= 0.3 is 5.97 Å². The van der Waals surface area contributed by atoms with Crippen LogP contribution in [0.25, 0.3) is 17.2 Å². The molecule has 0 saturated heterocycles. The molecule has 1 aromatic carbocycles. The van der Waals surface area contributed by atoms with E-state index in [1.54, 1.807) is 41.1 Å². The second-order valence-electron chi connectivity index (χ2n) is 3.66. The third-order valence-corrected chi connectivity index (χ3v) is 2.59. The summed E-state index contributed by atoms with van der Waals surface area (Å²) in [4.78, 5) is 15.2. The number of benzene rings is 1. The standard InChI is InChI=1S/C12H8N4O2/c17-11(18)9-5-2-1-4-8(9)10-14-15-12-13-6-3-7-16(10)12/h1-7H,(H,17,18). The Bertz CT molecular complexity index is 736. The summed E-state index contributed by atoms with van der Waals surface area (Å²) in [5, 5.41) is 17.1. The molecule has 3 aromatic rings. The SMILES string of the molecule is O=C(O)c1ccccc1-c1nnc2ncccn12. The van der Waals surface area contributed by atoms with Crippen LogP contribution in [0, 0.1) is 0 Å². The Kier molecular flexibility index (Phi) is 2.26. The molecular formula is C12H8N4O2. The molecule has 0 unspecified atom stereocenters. The van der Waals surface area contributed by atoms with Crippen LogP contribution in [-0.2, 0) is 0 Å². The van der Waals surface area contributed by atoms with E-state index in [0.717, 1.165) is 0 Å². The van der Waals surface area contributed by atoms with Crippen molar-refractivity contribution in [2.24, 2.45) is 0 Å². The number of aromatic nitrogens is 4. The maximum atomic E-state index is 11.2. The van der Waals surface area contributed by atoms with Gasteiger partial charge in [-0.25, -0.2) is 9.78 Å². The van der Waals surface area contributed by atoms with Gasteiger partial charge in [0.2, 0.25) is 0 Å². The highest BCUT2D eigenvalue weighted by Crippen LogP contribution is 2.21. The van der Waals surface area contributed by atoms with Crippen LogP contribution < -0.4 is 0 Å². The van der Waals surface area contributed by atoms with Gasteiger partial charge in [-0.15, -0.1) is 10.2 Å². The lowest BCUT2D eigenvalue weighted by Gasteiger charge is -2.03. The summed E-state index contributed by atoms with van der Waals surface area (Å²) >= 11 is 0. The second kappa shape index (κ2) is 3.92. The van der Waals surface area contributed by atoms with E-state index >= 15 is 0 Å². The van der Waals surface area contributed by atoms with E-state index < -0.39 is 5.97 Å². The average molecular weight is 240 g/mol. The summed E-state index contributed by atoms with van der Waals surface area (Å²) in [6.07, 6.45) is 3.35. The third-order valence-electron chi connectivity index (χ3n) is 2.59. The van der Waals surface area contributed by atoms with Crippen molar-refractivity contribution in [1.82, 2.24) is 19.6 Å². The van der Waals surface area contributed by atoms with Crippen molar-refractivity contribution in [2.45, 2.75) is 0 Å². The minimum absolute atomic E-state index is 0.190. The molecule has 2 heterocycles. The zero-order valence-corrected chi connectivity index (χ0v) is 9.19. The maximum absolute atomic E-state index is 11.2. The number of hydrogen-bond acceptors (Lipinski definition) is 4. The zero-order valence-electron chi connectivity index (χ0n) is 9.19. The zero-order chi connectivity index (χ0) is 12.5. The lowest BCUT2D eigenvalue weighted by molar-refractivity contribution is 0.0697. The van der Waals surface area contributed by atoms with E-state index in [2.05, 4.69) is 15.2 Å². The molecule has 0 atom stereocenters. The van der Waals surface area contributed by atoms with Crippen molar-refractivity contribution in [3.8, 4) is 11.4 Å². The van der Waals surface area contributed by atoms with Crippen molar-refractivity contribution in [3.05, 3.63) is 48.3 Å². The van der Waals surface area contributed by atoms with Gasteiger partial charge in [0.25, 0.3) is 5.78 Å². The Morgan fingerprint density at radius 1 is 1.17 bits per heavy atom. The Morgan fingerprint density at radius 3 is 2.83 bits per heavy atom. The summed E-state index contributed by atoms with van der Waals surface area (Å²) < 4.78 is 1.65. The van der Waals surface area contributed by atoms with Gasteiger partial charge in [-0.3, -0.25) is 4.40 Å². The number of carboxylic acids is 1. The maximum Gasteiger partial charge on any atom is 0.336 e. The first-order valence-electron chi connectivity index (χ1n) is 5.26. The number of rotatable bonds is 2. The molecule has 0 saturated carbocycles. The molecule has 6 heteroatoms. The number of hydrogen-bond donors (Lipinski definition) is 1. The summed E-state index contributed by atoms with van der Waals surface area (Å²) in [7, 11) is 0. The average Bonchev–Trinajstić information content (AvgIpc) is 2.82. The van der Waals surface area contributed by atoms with Gasteiger partial charge in [0, 0.05) is 18.0 Å². The van der Waals surface area contributed by atoms with E-state index in [1.165, 1.54) is 6.07 Å². The van der Waals surface area contributed by atoms with E-state index in [9.17, 15) is 4.79 Å². The summed E-state index contributed by atoms with van der Waals surface area (Å²) in [6, 6.07) is 8.42. The molecule has 18 heavy (non-hydrogen) atoms. The number of carbonyl (C=O) groups is 1. The van der Waals surface area contributed by atoms with Crippen LogP contribution >= 0.6 is 0 Å². The Morgan fingerprint density at radius 2 is 2.00 bits per heavy atom. The molecule has 0 aliphatic carbocycles. The fourth-order valence-electron chi connectivity index (χ4n) is 1.79. The van der Waals surface area contributed by atoms with Crippen molar-refractivity contribution in [2.75, 3.05) is 0 Å². The van der Waals surface area contributed by atoms with Crippen LogP contribution in [0.2, 0.25) is 0 Å². The molecule has 0 fully saturated rings. The van der Waals surface area contributed by atoms with E-state index in [0.29, 0.717) is 17.2 Å². The van der Waals surface area contributed by atoms with Gasteiger partial charge in [0.05, 0.1) is 5.56 Å². The van der Waals surface area contributed by atoms with Gasteiger partial charge in [-0.2, -0.15) is 0 Å². The molecule has 1 N–H and O–H groups in total. The Balaban J connectivity index is 2.30. The molecule has 2 aromatic heterocycles. The van der Waals surface area contributed by atoms with Crippen molar-refractivity contribution in [3.63, 3.8) is 0 Å². The molecule has 3 rings (SSSR count). The molecule has 0 bridgehead atoms. The first kappa shape index (κ1) is 10.4. The van der Waals surface area contributed by atoms with Crippen LogP contribution in [0.15, 0.2) is 42.7 Å². The minimum Gasteiger partial charge on any atom is -0.478 e.